The third-order valence-electron chi connectivity index (χ3n) is 4.70. The summed E-state index contributed by atoms with van der Waals surface area (Å²) in [7, 11) is 3.14. The van der Waals surface area contributed by atoms with E-state index in [9.17, 15) is 4.79 Å². The molecule has 3 aromatic heterocycles. The van der Waals surface area contributed by atoms with Gasteiger partial charge < -0.3 is 20.5 Å². The molecule has 8 heteroatoms. The summed E-state index contributed by atoms with van der Waals surface area (Å²) in [5.74, 6) is 0.942. The fourth-order valence-electron chi connectivity index (χ4n) is 3.20. The fourth-order valence-corrected chi connectivity index (χ4v) is 4.21. The third-order valence-corrected chi connectivity index (χ3v) is 5.81. The monoisotopic (exact) mass is 420 g/mol. The lowest BCUT2D eigenvalue weighted by Gasteiger charge is -2.13. The van der Waals surface area contributed by atoms with Crippen molar-refractivity contribution in [2.45, 2.75) is 6.54 Å². The van der Waals surface area contributed by atoms with Gasteiger partial charge in [-0.1, -0.05) is 12.1 Å². The molecule has 0 saturated heterocycles. The summed E-state index contributed by atoms with van der Waals surface area (Å²) in [6.45, 7) is 0.280. The molecule has 7 nitrogen and oxygen atoms in total. The molecule has 0 bridgehead atoms. The third kappa shape index (κ3) is 3.65. The van der Waals surface area contributed by atoms with Gasteiger partial charge in [0.25, 0.3) is 5.91 Å². The van der Waals surface area contributed by atoms with Crippen LogP contribution < -0.4 is 20.5 Å². The average Bonchev–Trinajstić information content (AvgIpc) is 3.13. The standard InChI is InChI=1S/C22H20N4O3S/c1-28-17-5-3-4-14(19(17)29-2)12-25-21(27)20-18(23)15-6-7-16(26-22(15)30-20)13-8-10-24-11-9-13/h3-11H,12,23H2,1-2H3,(H,25,27). The second kappa shape index (κ2) is 8.38. The molecule has 30 heavy (non-hydrogen) atoms. The van der Waals surface area contributed by atoms with Crippen LogP contribution in [0.15, 0.2) is 54.9 Å². The first-order chi connectivity index (χ1) is 14.6. The van der Waals surface area contributed by atoms with Gasteiger partial charge in [0.05, 0.1) is 25.6 Å². The number of nitrogens with two attached hydrogens (primary N) is 1. The van der Waals surface area contributed by atoms with Crippen molar-refractivity contribution in [3.8, 4) is 22.8 Å². The maximum atomic E-state index is 12.8. The van der Waals surface area contributed by atoms with Crippen LogP contribution in [-0.2, 0) is 6.54 Å². The number of para-hydroxylation sites is 1. The minimum Gasteiger partial charge on any atom is -0.493 e. The molecule has 0 spiro atoms. The first kappa shape index (κ1) is 19.7. The number of rotatable bonds is 6. The molecular formula is C22H20N4O3S. The number of ether oxygens (including phenoxy) is 2. The van der Waals surface area contributed by atoms with Crippen molar-refractivity contribution in [2.24, 2.45) is 0 Å². The smallest absolute Gasteiger partial charge is 0.263 e. The predicted octanol–water partition coefficient (Wildman–Crippen LogP) is 3.89. The lowest BCUT2D eigenvalue weighted by atomic mass is 10.1. The molecule has 1 amide bonds. The molecule has 3 heterocycles. The Morgan fingerprint density at radius 3 is 2.63 bits per heavy atom. The normalized spacial score (nSPS) is 10.7. The number of methoxy groups -OCH3 is 2. The Balaban J connectivity index is 1.59. The Bertz CT molecular complexity index is 1210. The number of hydrogen-bond donors (Lipinski definition) is 2. The number of thiophene rings is 1. The van der Waals surface area contributed by atoms with Crippen LogP contribution in [0.2, 0.25) is 0 Å². The second-order valence-corrected chi connectivity index (χ2v) is 7.46. The number of amides is 1. The lowest BCUT2D eigenvalue weighted by Crippen LogP contribution is -2.23. The van der Waals surface area contributed by atoms with E-state index in [1.165, 1.54) is 11.3 Å². The fraction of sp³-hybridized carbons (Fsp3) is 0.136. The van der Waals surface area contributed by atoms with E-state index >= 15 is 0 Å². The van der Waals surface area contributed by atoms with Gasteiger partial charge in [0, 0.05) is 35.5 Å². The summed E-state index contributed by atoms with van der Waals surface area (Å²) in [6.07, 6.45) is 3.44. The molecule has 0 radical (unpaired) electrons. The SMILES string of the molecule is COc1cccc(CNC(=O)c2sc3nc(-c4ccncc4)ccc3c2N)c1OC. The van der Waals surface area contributed by atoms with Crippen LogP contribution in [0.1, 0.15) is 15.2 Å². The Morgan fingerprint density at radius 1 is 1.10 bits per heavy atom. The van der Waals surface area contributed by atoms with E-state index in [0.29, 0.717) is 26.9 Å². The van der Waals surface area contributed by atoms with Gasteiger partial charge in [-0.2, -0.15) is 0 Å². The summed E-state index contributed by atoms with van der Waals surface area (Å²) in [5.41, 5.74) is 9.25. The minimum absolute atomic E-state index is 0.258. The number of anilines is 1. The van der Waals surface area contributed by atoms with E-state index in [1.807, 2.05) is 36.4 Å². The van der Waals surface area contributed by atoms with Gasteiger partial charge in [0.1, 0.15) is 9.71 Å². The van der Waals surface area contributed by atoms with Crippen molar-refractivity contribution in [1.82, 2.24) is 15.3 Å². The molecule has 3 N–H and O–H groups in total. The van der Waals surface area contributed by atoms with Crippen LogP contribution in [0.4, 0.5) is 5.69 Å². The highest BCUT2D eigenvalue weighted by Crippen LogP contribution is 2.34. The topological polar surface area (TPSA) is 99.4 Å². The Hall–Kier alpha value is -3.65. The number of nitrogens with zero attached hydrogens (tertiary/aromatic N) is 2. The maximum absolute atomic E-state index is 12.8. The number of hydrogen-bond acceptors (Lipinski definition) is 7. The molecular weight excluding hydrogens is 400 g/mol. The molecule has 1 aromatic carbocycles. The van der Waals surface area contributed by atoms with Crippen molar-refractivity contribution >= 4 is 33.1 Å². The number of fused-ring (bicyclic) bond motifs is 1. The molecule has 0 aliphatic heterocycles. The summed E-state index contributed by atoms with van der Waals surface area (Å²) in [5, 5.41) is 3.67. The molecule has 4 aromatic rings. The lowest BCUT2D eigenvalue weighted by molar-refractivity contribution is 0.0955. The van der Waals surface area contributed by atoms with Crippen LogP contribution in [0.3, 0.4) is 0 Å². The Morgan fingerprint density at radius 2 is 1.90 bits per heavy atom. The van der Waals surface area contributed by atoms with Gasteiger partial charge in [-0.05, 0) is 30.3 Å². The van der Waals surface area contributed by atoms with E-state index in [0.717, 1.165) is 22.2 Å². The second-order valence-electron chi connectivity index (χ2n) is 6.47. The zero-order chi connectivity index (χ0) is 21.1. The molecule has 152 valence electrons. The molecule has 0 aliphatic rings. The van der Waals surface area contributed by atoms with Gasteiger partial charge in [0.2, 0.25) is 0 Å². The average molecular weight is 420 g/mol. The summed E-state index contributed by atoms with van der Waals surface area (Å²) < 4.78 is 10.7. The van der Waals surface area contributed by atoms with Gasteiger partial charge in [-0.3, -0.25) is 9.78 Å². The number of aromatic nitrogens is 2. The van der Waals surface area contributed by atoms with Gasteiger partial charge in [-0.15, -0.1) is 11.3 Å². The van der Waals surface area contributed by atoms with Crippen molar-refractivity contribution < 1.29 is 14.3 Å². The molecule has 4 rings (SSSR count). The number of carbonyl (C=O) groups is 1. The largest absolute Gasteiger partial charge is 0.493 e. The van der Waals surface area contributed by atoms with Crippen LogP contribution >= 0.6 is 11.3 Å². The number of carbonyl (C=O) groups excluding carboxylic acids is 1. The van der Waals surface area contributed by atoms with Crippen molar-refractivity contribution in [3.05, 3.63) is 65.3 Å². The Labute approximate surface area is 177 Å². The van der Waals surface area contributed by atoms with Crippen LogP contribution in [-0.4, -0.2) is 30.1 Å². The zero-order valence-electron chi connectivity index (χ0n) is 16.5. The quantitative estimate of drug-likeness (QED) is 0.491. The summed E-state index contributed by atoms with van der Waals surface area (Å²) in [6, 6.07) is 13.1. The van der Waals surface area contributed by atoms with Crippen molar-refractivity contribution in [1.29, 1.82) is 0 Å². The highest BCUT2D eigenvalue weighted by Gasteiger charge is 2.18. The van der Waals surface area contributed by atoms with E-state index in [4.69, 9.17) is 15.2 Å². The van der Waals surface area contributed by atoms with Gasteiger partial charge in [-0.25, -0.2) is 4.98 Å². The van der Waals surface area contributed by atoms with Crippen LogP contribution in [0, 0.1) is 0 Å². The van der Waals surface area contributed by atoms with Crippen LogP contribution in [0.5, 0.6) is 11.5 Å². The molecule has 0 unspecified atom stereocenters. The minimum atomic E-state index is -0.258. The molecule has 0 saturated carbocycles. The summed E-state index contributed by atoms with van der Waals surface area (Å²) >= 11 is 1.27. The molecule has 0 aliphatic carbocycles. The van der Waals surface area contributed by atoms with E-state index in [-0.39, 0.29) is 12.5 Å². The summed E-state index contributed by atoms with van der Waals surface area (Å²) in [4.78, 5) is 22.7. The Kier molecular flexibility index (Phi) is 5.49. The number of nitrogen functional groups attached to an aromatic ring is 1. The maximum Gasteiger partial charge on any atom is 0.263 e. The number of nitrogens with one attached hydrogen (secondary N) is 1. The first-order valence-electron chi connectivity index (χ1n) is 9.20. The number of benzene rings is 1. The van der Waals surface area contributed by atoms with E-state index in [1.54, 1.807) is 32.7 Å². The van der Waals surface area contributed by atoms with Gasteiger partial charge >= 0.3 is 0 Å². The molecule has 0 atom stereocenters. The van der Waals surface area contributed by atoms with E-state index in [2.05, 4.69) is 15.3 Å². The van der Waals surface area contributed by atoms with Crippen LogP contribution in [0.25, 0.3) is 21.5 Å². The molecule has 0 fully saturated rings. The zero-order valence-corrected chi connectivity index (χ0v) is 17.3. The number of pyridine rings is 2. The van der Waals surface area contributed by atoms with Crippen molar-refractivity contribution in [2.75, 3.05) is 20.0 Å². The van der Waals surface area contributed by atoms with Gasteiger partial charge in [0.15, 0.2) is 11.5 Å². The highest BCUT2D eigenvalue weighted by atomic mass is 32.1. The predicted molar refractivity (Wildman–Crippen MR) is 118 cm³/mol. The van der Waals surface area contributed by atoms with E-state index < -0.39 is 0 Å². The first-order valence-corrected chi connectivity index (χ1v) is 10.0. The van der Waals surface area contributed by atoms with Crippen molar-refractivity contribution in [3.63, 3.8) is 0 Å². The highest BCUT2D eigenvalue weighted by molar-refractivity contribution is 7.21.